The summed E-state index contributed by atoms with van der Waals surface area (Å²) in [6.45, 7) is 5.42. The van der Waals surface area contributed by atoms with Gasteiger partial charge in [-0.2, -0.15) is 0 Å². The number of hydrogen-bond donors (Lipinski definition) is 1. The molecule has 1 aromatic carbocycles. The molecule has 0 amide bonds. The standard InChI is InChI=1S/C11H17NS/c1-3-12-10(2)9-13-11-7-5-4-6-8-11/h4-8,10,12H,3,9H2,1-2H3. The van der Waals surface area contributed by atoms with Gasteiger partial charge in [0, 0.05) is 16.7 Å². The highest BCUT2D eigenvalue weighted by Gasteiger charge is 1.99. The maximum Gasteiger partial charge on any atom is 0.0133 e. The smallest absolute Gasteiger partial charge is 0.0133 e. The van der Waals surface area contributed by atoms with Crippen molar-refractivity contribution in [1.82, 2.24) is 5.32 Å². The Kier molecular flexibility index (Phi) is 4.94. The Hall–Kier alpha value is -0.470. The molecule has 0 heterocycles. The van der Waals surface area contributed by atoms with Gasteiger partial charge in [-0.25, -0.2) is 0 Å². The lowest BCUT2D eigenvalue weighted by Crippen LogP contribution is -2.27. The molecule has 1 N–H and O–H groups in total. The van der Waals surface area contributed by atoms with Crippen LogP contribution in [-0.4, -0.2) is 18.3 Å². The number of hydrogen-bond acceptors (Lipinski definition) is 2. The summed E-state index contributed by atoms with van der Waals surface area (Å²) in [4.78, 5) is 1.35. The topological polar surface area (TPSA) is 12.0 Å². The third-order valence-electron chi connectivity index (χ3n) is 1.80. The normalized spacial score (nSPS) is 12.8. The van der Waals surface area contributed by atoms with Gasteiger partial charge in [-0.3, -0.25) is 0 Å². The molecule has 0 aliphatic carbocycles. The van der Waals surface area contributed by atoms with E-state index in [2.05, 4.69) is 49.5 Å². The van der Waals surface area contributed by atoms with E-state index < -0.39 is 0 Å². The largest absolute Gasteiger partial charge is 0.314 e. The zero-order chi connectivity index (χ0) is 9.52. The maximum absolute atomic E-state index is 3.39. The molecule has 0 fully saturated rings. The minimum atomic E-state index is 0.593. The fourth-order valence-corrected chi connectivity index (χ4v) is 2.06. The van der Waals surface area contributed by atoms with E-state index in [0.717, 1.165) is 12.3 Å². The highest BCUT2D eigenvalue weighted by molar-refractivity contribution is 7.99. The molecule has 72 valence electrons. The Morgan fingerprint density at radius 1 is 1.31 bits per heavy atom. The zero-order valence-electron chi connectivity index (χ0n) is 8.29. The van der Waals surface area contributed by atoms with E-state index in [0.29, 0.717) is 6.04 Å². The van der Waals surface area contributed by atoms with Gasteiger partial charge in [0.05, 0.1) is 0 Å². The van der Waals surface area contributed by atoms with E-state index in [1.165, 1.54) is 4.90 Å². The Morgan fingerprint density at radius 2 is 2.00 bits per heavy atom. The summed E-state index contributed by atoms with van der Waals surface area (Å²) in [5.41, 5.74) is 0. The third kappa shape index (κ3) is 4.34. The Bertz CT molecular complexity index is 223. The summed E-state index contributed by atoms with van der Waals surface area (Å²) < 4.78 is 0. The van der Waals surface area contributed by atoms with E-state index in [4.69, 9.17) is 0 Å². The second-order valence-corrected chi connectivity index (χ2v) is 4.18. The van der Waals surface area contributed by atoms with Crippen molar-refractivity contribution in [2.45, 2.75) is 24.8 Å². The van der Waals surface area contributed by atoms with Crippen molar-refractivity contribution in [3.05, 3.63) is 30.3 Å². The molecule has 0 aliphatic heterocycles. The van der Waals surface area contributed by atoms with Crippen LogP contribution in [0.3, 0.4) is 0 Å². The van der Waals surface area contributed by atoms with Crippen molar-refractivity contribution >= 4 is 11.8 Å². The van der Waals surface area contributed by atoms with Gasteiger partial charge < -0.3 is 5.32 Å². The van der Waals surface area contributed by atoms with Crippen LogP contribution in [0.25, 0.3) is 0 Å². The van der Waals surface area contributed by atoms with Crippen molar-refractivity contribution in [3.63, 3.8) is 0 Å². The fourth-order valence-electron chi connectivity index (χ4n) is 1.15. The van der Waals surface area contributed by atoms with Gasteiger partial charge in [0.15, 0.2) is 0 Å². The minimum Gasteiger partial charge on any atom is -0.314 e. The van der Waals surface area contributed by atoms with E-state index in [1.807, 2.05) is 11.8 Å². The predicted octanol–water partition coefficient (Wildman–Crippen LogP) is 2.78. The Morgan fingerprint density at radius 3 is 2.62 bits per heavy atom. The Labute approximate surface area is 84.9 Å². The molecular weight excluding hydrogens is 178 g/mol. The van der Waals surface area contributed by atoms with Gasteiger partial charge in [-0.05, 0) is 25.6 Å². The average molecular weight is 195 g/mol. The molecule has 0 aliphatic rings. The van der Waals surface area contributed by atoms with Crippen LogP contribution in [0.1, 0.15) is 13.8 Å². The SMILES string of the molecule is CCNC(C)CSc1ccccc1. The Balaban J connectivity index is 2.27. The number of rotatable bonds is 5. The summed E-state index contributed by atoms with van der Waals surface area (Å²) in [5, 5.41) is 3.39. The van der Waals surface area contributed by atoms with Gasteiger partial charge in [0.1, 0.15) is 0 Å². The molecule has 0 saturated heterocycles. The second-order valence-electron chi connectivity index (χ2n) is 3.08. The van der Waals surface area contributed by atoms with Crippen molar-refractivity contribution < 1.29 is 0 Å². The first-order valence-corrected chi connectivity index (χ1v) is 5.72. The van der Waals surface area contributed by atoms with Crippen molar-refractivity contribution in [3.8, 4) is 0 Å². The van der Waals surface area contributed by atoms with Gasteiger partial charge in [0.25, 0.3) is 0 Å². The maximum atomic E-state index is 3.39. The summed E-state index contributed by atoms with van der Waals surface area (Å²) in [6.07, 6.45) is 0. The molecule has 0 aromatic heterocycles. The zero-order valence-corrected chi connectivity index (χ0v) is 9.10. The molecule has 1 rings (SSSR count). The summed E-state index contributed by atoms with van der Waals surface area (Å²) in [7, 11) is 0. The first-order valence-electron chi connectivity index (χ1n) is 4.74. The summed E-state index contributed by atoms with van der Waals surface area (Å²) in [5.74, 6) is 1.14. The average Bonchev–Trinajstić information content (AvgIpc) is 2.17. The van der Waals surface area contributed by atoms with Crippen LogP contribution in [0.15, 0.2) is 35.2 Å². The molecule has 0 saturated carbocycles. The lowest BCUT2D eigenvalue weighted by Gasteiger charge is -2.11. The van der Waals surface area contributed by atoms with Crippen LogP contribution in [0, 0.1) is 0 Å². The van der Waals surface area contributed by atoms with Gasteiger partial charge in [-0.15, -0.1) is 11.8 Å². The molecule has 1 unspecified atom stereocenters. The molecule has 13 heavy (non-hydrogen) atoms. The van der Waals surface area contributed by atoms with Crippen molar-refractivity contribution in [2.75, 3.05) is 12.3 Å². The predicted molar refractivity (Wildman–Crippen MR) is 60.3 cm³/mol. The van der Waals surface area contributed by atoms with Crippen LogP contribution in [0.5, 0.6) is 0 Å². The first kappa shape index (κ1) is 10.6. The molecule has 0 spiro atoms. The summed E-state index contributed by atoms with van der Waals surface area (Å²) in [6, 6.07) is 11.1. The van der Waals surface area contributed by atoms with E-state index in [9.17, 15) is 0 Å². The molecule has 0 bridgehead atoms. The highest BCUT2D eigenvalue weighted by Crippen LogP contribution is 2.17. The lowest BCUT2D eigenvalue weighted by atomic mass is 10.4. The minimum absolute atomic E-state index is 0.593. The molecule has 1 aromatic rings. The van der Waals surface area contributed by atoms with Crippen molar-refractivity contribution in [1.29, 1.82) is 0 Å². The quantitative estimate of drug-likeness (QED) is 0.725. The molecule has 0 radical (unpaired) electrons. The van der Waals surface area contributed by atoms with Gasteiger partial charge in [-0.1, -0.05) is 25.1 Å². The highest BCUT2D eigenvalue weighted by atomic mass is 32.2. The van der Waals surface area contributed by atoms with E-state index >= 15 is 0 Å². The van der Waals surface area contributed by atoms with Crippen LogP contribution in [0.2, 0.25) is 0 Å². The molecule has 1 nitrogen and oxygen atoms in total. The van der Waals surface area contributed by atoms with Gasteiger partial charge >= 0.3 is 0 Å². The molecule has 1 atom stereocenters. The van der Waals surface area contributed by atoms with E-state index in [-0.39, 0.29) is 0 Å². The van der Waals surface area contributed by atoms with E-state index in [1.54, 1.807) is 0 Å². The number of thioether (sulfide) groups is 1. The van der Waals surface area contributed by atoms with Crippen LogP contribution >= 0.6 is 11.8 Å². The fraction of sp³-hybridized carbons (Fsp3) is 0.455. The number of benzene rings is 1. The van der Waals surface area contributed by atoms with Crippen molar-refractivity contribution in [2.24, 2.45) is 0 Å². The molecular formula is C11H17NS. The van der Waals surface area contributed by atoms with Crippen LogP contribution < -0.4 is 5.32 Å². The third-order valence-corrected chi connectivity index (χ3v) is 3.07. The van der Waals surface area contributed by atoms with Crippen LogP contribution in [-0.2, 0) is 0 Å². The summed E-state index contributed by atoms with van der Waals surface area (Å²) >= 11 is 1.91. The van der Waals surface area contributed by atoms with Crippen LogP contribution in [0.4, 0.5) is 0 Å². The first-order chi connectivity index (χ1) is 6.33. The lowest BCUT2D eigenvalue weighted by molar-refractivity contribution is 0.620. The number of nitrogens with one attached hydrogen (secondary N) is 1. The van der Waals surface area contributed by atoms with Gasteiger partial charge in [0.2, 0.25) is 0 Å². The monoisotopic (exact) mass is 195 g/mol. The second kappa shape index (κ2) is 6.06. The molecule has 2 heteroatoms.